The zero-order valence-corrected chi connectivity index (χ0v) is 18.6. The third-order valence-corrected chi connectivity index (χ3v) is 5.12. The van der Waals surface area contributed by atoms with Crippen molar-refractivity contribution in [2.45, 2.75) is 6.42 Å². The second-order valence-electron chi connectivity index (χ2n) is 7.52. The van der Waals surface area contributed by atoms with Crippen LogP contribution in [0.25, 0.3) is 11.1 Å². The molecule has 0 saturated carbocycles. The maximum absolute atomic E-state index is 12.5. The molecule has 0 spiro atoms. The van der Waals surface area contributed by atoms with Gasteiger partial charge < -0.3 is 14.2 Å². The Morgan fingerprint density at radius 2 is 1.26 bits per heavy atom. The first-order chi connectivity index (χ1) is 16.7. The first-order valence-corrected chi connectivity index (χ1v) is 11.0. The van der Waals surface area contributed by atoms with Crippen LogP contribution in [0.5, 0.6) is 11.5 Å². The number of hydrogen-bond acceptors (Lipinski definition) is 5. The fourth-order valence-electron chi connectivity index (χ4n) is 3.38. The number of rotatable bonds is 9. The Morgan fingerprint density at radius 1 is 0.647 bits per heavy atom. The summed E-state index contributed by atoms with van der Waals surface area (Å²) in [6, 6.07) is 33.7. The highest BCUT2D eigenvalue weighted by Gasteiger charge is 2.16. The van der Waals surface area contributed by atoms with Crippen molar-refractivity contribution in [1.82, 2.24) is 0 Å². The predicted molar refractivity (Wildman–Crippen MR) is 130 cm³/mol. The van der Waals surface area contributed by atoms with Gasteiger partial charge in [0.1, 0.15) is 17.1 Å². The fraction of sp³-hybridized carbons (Fsp3) is 0.103. The van der Waals surface area contributed by atoms with Crippen LogP contribution in [0.4, 0.5) is 0 Å². The first kappa shape index (κ1) is 22.8. The lowest BCUT2D eigenvalue weighted by Crippen LogP contribution is -2.19. The highest BCUT2D eigenvalue weighted by Crippen LogP contribution is 2.23. The molecule has 0 aliphatic rings. The molecule has 5 heteroatoms. The molecule has 0 heterocycles. The highest BCUT2D eigenvalue weighted by atomic mass is 16.6. The summed E-state index contributed by atoms with van der Waals surface area (Å²) in [4.78, 5) is 24.9. The molecule has 0 radical (unpaired) electrons. The standard InChI is InChI=1S/C29H24O5/c30-28(21-33-25-17-15-24(16-18-25)23-11-5-2-6-12-23)34-27-14-8-7-13-26(27)29(31)32-20-19-22-9-3-1-4-10-22/h1-18H,19-21H2. The van der Waals surface area contributed by atoms with Gasteiger partial charge >= 0.3 is 11.9 Å². The van der Waals surface area contributed by atoms with Crippen LogP contribution in [0.1, 0.15) is 15.9 Å². The van der Waals surface area contributed by atoms with Crippen LogP contribution in [-0.4, -0.2) is 25.2 Å². The smallest absolute Gasteiger partial charge is 0.349 e. The zero-order chi connectivity index (χ0) is 23.6. The van der Waals surface area contributed by atoms with Gasteiger partial charge in [-0.3, -0.25) is 0 Å². The van der Waals surface area contributed by atoms with E-state index in [2.05, 4.69) is 0 Å². The normalized spacial score (nSPS) is 10.4. The van der Waals surface area contributed by atoms with Crippen LogP contribution in [0.3, 0.4) is 0 Å². The Labute approximate surface area is 198 Å². The summed E-state index contributed by atoms with van der Waals surface area (Å²) in [7, 11) is 0. The quantitative estimate of drug-likeness (QED) is 0.239. The van der Waals surface area contributed by atoms with Crippen LogP contribution in [0.15, 0.2) is 109 Å². The SMILES string of the molecule is O=C(COc1ccc(-c2ccccc2)cc1)Oc1ccccc1C(=O)OCCc1ccccc1. The van der Waals surface area contributed by atoms with Gasteiger partial charge in [0.2, 0.25) is 0 Å². The Hall–Kier alpha value is -4.38. The second kappa shape index (κ2) is 11.5. The number of carbonyl (C=O) groups is 2. The topological polar surface area (TPSA) is 61.8 Å². The molecule has 0 bridgehead atoms. The van der Waals surface area contributed by atoms with E-state index in [9.17, 15) is 9.59 Å². The van der Waals surface area contributed by atoms with Crippen LogP contribution in [0.2, 0.25) is 0 Å². The average Bonchev–Trinajstić information content (AvgIpc) is 2.89. The summed E-state index contributed by atoms with van der Waals surface area (Å²) in [5, 5.41) is 0. The molecule has 0 unspecified atom stereocenters. The van der Waals surface area contributed by atoms with E-state index >= 15 is 0 Å². The number of esters is 2. The molecule has 0 amide bonds. The van der Waals surface area contributed by atoms with Crippen molar-refractivity contribution in [3.63, 3.8) is 0 Å². The van der Waals surface area contributed by atoms with Gasteiger partial charge in [-0.05, 0) is 41.0 Å². The first-order valence-electron chi connectivity index (χ1n) is 11.0. The van der Waals surface area contributed by atoms with Gasteiger partial charge in [-0.1, -0.05) is 84.9 Å². The van der Waals surface area contributed by atoms with Crippen molar-refractivity contribution in [3.8, 4) is 22.6 Å². The van der Waals surface area contributed by atoms with E-state index in [1.165, 1.54) is 0 Å². The number of hydrogen-bond donors (Lipinski definition) is 0. The van der Waals surface area contributed by atoms with Crippen LogP contribution in [0, 0.1) is 0 Å². The summed E-state index contributed by atoms with van der Waals surface area (Å²) in [5.41, 5.74) is 3.41. The van der Waals surface area contributed by atoms with Crippen LogP contribution >= 0.6 is 0 Å². The molecule has 0 fully saturated rings. The Balaban J connectivity index is 1.29. The maximum atomic E-state index is 12.5. The minimum absolute atomic E-state index is 0.139. The molecule has 4 aromatic rings. The minimum atomic E-state index is -0.614. The lowest BCUT2D eigenvalue weighted by atomic mass is 10.1. The van der Waals surface area contributed by atoms with Crippen molar-refractivity contribution in [2.75, 3.05) is 13.2 Å². The van der Waals surface area contributed by atoms with E-state index in [1.807, 2.05) is 72.8 Å². The van der Waals surface area contributed by atoms with E-state index in [0.717, 1.165) is 16.7 Å². The summed E-state index contributed by atoms with van der Waals surface area (Å²) >= 11 is 0. The van der Waals surface area contributed by atoms with Gasteiger partial charge in [-0.25, -0.2) is 9.59 Å². The molecule has 0 aromatic heterocycles. The Bertz CT molecular complexity index is 1220. The van der Waals surface area contributed by atoms with Crippen LogP contribution in [-0.2, 0) is 16.0 Å². The molecule has 4 rings (SSSR count). The Kier molecular flexibility index (Phi) is 7.70. The maximum Gasteiger partial charge on any atom is 0.349 e. The summed E-state index contributed by atoms with van der Waals surface area (Å²) in [5.74, 6) is -0.473. The minimum Gasteiger partial charge on any atom is -0.482 e. The van der Waals surface area contributed by atoms with Crippen molar-refractivity contribution < 1.29 is 23.8 Å². The summed E-state index contributed by atoms with van der Waals surface area (Å²) < 4.78 is 16.3. The molecule has 34 heavy (non-hydrogen) atoms. The van der Waals surface area contributed by atoms with E-state index < -0.39 is 11.9 Å². The zero-order valence-electron chi connectivity index (χ0n) is 18.6. The number of para-hydroxylation sites is 1. The summed E-state index contributed by atoms with van der Waals surface area (Å²) in [6.45, 7) is -0.0602. The number of benzene rings is 4. The van der Waals surface area contributed by atoms with E-state index in [1.54, 1.807) is 36.4 Å². The third kappa shape index (κ3) is 6.33. The highest BCUT2D eigenvalue weighted by molar-refractivity contribution is 5.93. The molecular weight excluding hydrogens is 428 g/mol. The van der Waals surface area contributed by atoms with Crippen molar-refractivity contribution >= 4 is 11.9 Å². The van der Waals surface area contributed by atoms with E-state index in [4.69, 9.17) is 14.2 Å². The predicted octanol–water partition coefficient (Wildman–Crippen LogP) is 5.74. The summed E-state index contributed by atoms with van der Waals surface area (Å²) in [6.07, 6.45) is 0.603. The van der Waals surface area contributed by atoms with Gasteiger partial charge in [0.15, 0.2) is 6.61 Å². The Morgan fingerprint density at radius 3 is 2.00 bits per heavy atom. The van der Waals surface area contributed by atoms with E-state index in [0.29, 0.717) is 12.2 Å². The van der Waals surface area contributed by atoms with Gasteiger partial charge in [-0.15, -0.1) is 0 Å². The monoisotopic (exact) mass is 452 g/mol. The molecule has 5 nitrogen and oxygen atoms in total. The molecule has 0 aliphatic carbocycles. The van der Waals surface area contributed by atoms with Gasteiger partial charge in [0, 0.05) is 6.42 Å². The van der Waals surface area contributed by atoms with Gasteiger partial charge in [-0.2, -0.15) is 0 Å². The molecule has 0 atom stereocenters. The lowest BCUT2D eigenvalue weighted by Gasteiger charge is -2.11. The molecule has 0 aliphatic heterocycles. The van der Waals surface area contributed by atoms with E-state index in [-0.39, 0.29) is 24.5 Å². The lowest BCUT2D eigenvalue weighted by molar-refractivity contribution is -0.136. The molecule has 0 N–H and O–H groups in total. The van der Waals surface area contributed by atoms with Crippen LogP contribution < -0.4 is 9.47 Å². The average molecular weight is 453 g/mol. The number of carbonyl (C=O) groups excluding carboxylic acids is 2. The largest absolute Gasteiger partial charge is 0.482 e. The fourth-order valence-corrected chi connectivity index (χ4v) is 3.38. The molecule has 170 valence electrons. The van der Waals surface area contributed by atoms with Crippen molar-refractivity contribution in [2.24, 2.45) is 0 Å². The molecular formula is C29H24O5. The second-order valence-corrected chi connectivity index (χ2v) is 7.52. The molecule has 0 saturated heterocycles. The van der Waals surface area contributed by atoms with Gasteiger partial charge in [0.05, 0.1) is 6.61 Å². The van der Waals surface area contributed by atoms with Crippen molar-refractivity contribution in [3.05, 3.63) is 120 Å². The van der Waals surface area contributed by atoms with Crippen molar-refractivity contribution in [1.29, 1.82) is 0 Å². The molecule has 4 aromatic carbocycles. The van der Waals surface area contributed by atoms with Gasteiger partial charge in [0.25, 0.3) is 0 Å². The third-order valence-electron chi connectivity index (χ3n) is 5.12. The number of ether oxygens (including phenoxy) is 3.